The maximum absolute atomic E-state index is 11.9. The standard InChI is InChI=1S/C12H22N2O3S/c1-13-8-6-7-18-10-5-3-4-9(12(16)17-2)14(10)11(8)15/h8-11,13,15H,3-7H2,1-2H3. The summed E-state index contributed by atoms with van der Waals surface area (Å²) >= 11 is 1.84. The van der Waals surface area contributed by atoms with Gasteiger partial charge < -0.3 is 15.2 Å². The summed E-state index contributed by atoms with van der Waals surface area (Å²) in [5, 5.41) is 13.9. The van der Waals surface area contributed by atoms with Gasteiger partial charge in [0.1, 0.15) is 12.3 Å². The molecule has 4 atom stereocenters. The van der Waals surface area contributed by atoms with Gasteiger partial charge in [-0.1, -0.05) is 0 Å². The predicted molar refractivity (Wildman–Crippen MR) is 71.2 cm³/mol. The van der Waals surface area contributed by atoms with Gasteiger partial charge in [0, 0.05) is 6.04 Å². The molecule has 2 N–H and O–H groups in total. The molecule has 0 spiro atoms. The van der Waals surface area contributed by atoms with Gasteiger partial charge in [-0.05, 0) is 38.5 Å². The Morgan fingerprint density at radius 1 is 1.44 bits per heavy atom. The Morgan fingerprint density at radius 2 is 2.22 bits per heavy atom. The molecule has 0 bridgehead atoms. The van der Waals surface area contributed by atoms with Gasteiger partial charge in [-0.3, -0.25) is 9.69 Å². The van der Waals surface area contributed by atoms with Crippen LogP contribution in [0.25, 0.3) is 0 Å². The van der Waals surface area contributed by atoms with Crippen LogP contribution in [0.15, 0.2) is 0 Å². The van der Waals surface area contributed by atoms with Crippen molar-refractivity contribution in [2.45, 2.75) is 49.4 Å². The summed E-state index contributed by atoms with van der Waals surface area (Å²) in [6, 6.07) is -0.280. The van der Waals surface area contributed by atoms with Crippen LogP contribution in [0.3, 0.4) is 0 Å². The topological polar surface area (TPSA) is 61.8 Å². The zero-order valence-corrected chi connectivity index (χ0v) is 11.8. The molecular formula is C12H22N2O3S. The van der Waals surface area contributed by atoms with Crippen LogP contribution in [0.1, 0.15) is 25.7 Å². The van der Waals surface area contributed by atoms with Crippen molar-refractivity contribution in [2.75, 3.05) is 19.9 Å². The lowest BCUT2D eigenvalue weighted by Gasteiger charge is -2.43. The van der Waals surface area contributed by atoms with Gasteiger partial charge in [0.05, 0.1) is 12.5 Å². The number of methoxy groups -OCH3 is 1. The second-order valence-corrected chi connectivity index (χ2v) is 6.13. The van der Waals surface area contributed by atoms with E-state index in [4.69, 9.17) is 4.74 Å². The lowest BCUT2D eigenvalue weighted by molar-refractivity contribution is -0.157. The third kappa shape index (κ3) is 2.66. The molecule has 2 aliphatic heterocycles. The summed E-state index contributed by atoms with van der Waals surface area (Å²) < 4.78 is 4.88. The van der Waals surface area contributed by atoms with Crippen molar-refractivity contribution in [1.82, 2.24) is 10.2 Å². The lowest BCUT2D eigenvalue weighted by Crippen LogP contribution is -2.58. The van der Waals surface area contributed by atoms with Gasteiger partial charge in [0.25, 0.3) is 0 Å². The van der Waals surface area contributed by atoms with Crippen molar-refractivity contribution in [3.8, 4) is 0 Å². The highest BCUT2D eigenvalue weighted by molar-refractivity contribution is 7.99. The molecule has 2 heterocycles. The number of hydrogen-bond donors (Lipinski definition) is 2. The highest BCUT2D eigenvalue weighted by Gasteiger charge is 2.43. The molecule has 0 aromatic rings. The lowest BCUT2D eigenvalue weighted by atomic mass is 10.00. The molecular weight excluding hydrogens is 252 g/mol. The number of aliphatic hydroxyl groups is 1. The molecule has 104 valence electrons. The molecule has 2 fully saturated rings. The van der Waals surface area contributed by atoms with Crippen LogP contribution in [-0.4, -0.2) is 59.6 Å². The number of esters is 1. The molecule has 0 aromatic heterocycles. The number of thioether (sulfide) groups is 1. The summed E-state index contributed by atoms with van der Waals surface area (Å²) in [4.78, 5) is 13.8. The Hall–Kier alpha value is -0.300. The first kappa shape index (κ1) is 14.1. The zero-order chi connectivity index (χ0) is 13.1. The molecule has 2 rings (SSSR count). The van der Waals surface area contributed by atoms with E-state index in [-0.39, 0.29) is 23.4 Å². The number of hydrogen-bond acceptors (Lipinski definition) is 6. The molecule has 2 saturated heterocycles. The SMILES string of the molecule is CNC1CCSC2CCCC(C(=O)OC)N2C1O. The van der Waals surface area contributed by atoms with Gasteiger partial charge >= 0.3 is 5.97 Å². The van der Waals surface area contributed by atoms with E-state index in [2.05, 4.69) is 5.32 Å². The van der Waals surface area contributed by atoms with E-state index in [0.717, 1.165) is 31.4 Å². The van der Waals surface area contributed by atoms with E-state index in [0.29, 0.717) is 0 Å². The summed E-state index contributed by atoms with van der Waals surface area (Å²) in [6.07, 6.45) is 3.14. The minimum absolute atomic E-state index is 0.0211. The first-order valence-corrected chi connectivity index (χ1v) is 7.56. The molecule has 2 aliphatic rings. The van der Waals surface area contributed by atoms with Crippen molar-refractivity contribution < 1.29 is 14.6 Å². The molecule has 4 unspecified atom stereocenters. The molecule has 6 heteroatoms. The number of aliphatic hydroxyl groups excluding tert-OH is 1. The monoisotopic (exact) mass is 274 g/mol. The fourth-order valence-corrected chi connectivity index (χ4v) is 4.30. The molecule has 0 saturated carbocycles. The zero-order valence-electron chi connectivity index (χ0n) is 11.0. The average molecular weight is 274 g/mol. The van der Waals surface area contributed by atoms with Gasteiger partial charge in [-0.25, -0.2) is 0 Å². The smallest absolute Gasteiger partial charge is 0.323 e. The molecule has 5 nitrogen and oxygen atoms in total. The third-order valence-electron chi connectivity index (χ3n) is 3.87. The number of ether oxygens (including phenoxy) is 1. The number of piperidine rings is 1. The number of carbonyl (C=O) groups is 1. The van der Waals surface area contributed by atoms with Crippen LogP contribution in [-0.2, 0) is 9.53 Å². The summed E-state index contributed by atoms with van der Waals surface area (Å²) in [7, 11) is 3.27. The Kier molecular flexibility index (Phi) is 4.89. The number of fused-ring (bicyclic) bond motifs is 1. The predicted octanol–water partition coefficient (Wildman–Crippen LogP) is 0.383. The van der Waals surface area contributed by atoms with Gasteiger partial charge in [-0.2, -0.15) is 0 Å². The first-order valence-electron chi connectivity index (χ1n) is 6.51. The Labute approximate surface area is 112 Å². The van der Waals surface area contributed by atoms with E-state index < -0.39 is 6.23 Å². The van der Waals surface area contributed by atoms with Crippen molar-refractivity contribution in [3.63, 3.8) is 0 Å². The first-order chi connectivity index (χ1) is 8.69. The molecule has 0 aliphatic carbocycles. The van der Waals surface area contributed by atoms with E-state index >= 15 is 0 Å². The Bertz CT molecular complexity index is 303. The van der Waals surface area contributed by atoms with Gasteiger partial charge in [0.15, 0.2) is 0 Å². The van der Waals surface area contributed by atoms with E-state index in [1.807, 2.05) is 23.7 Å². The fourth-order valence-electron chi connectivity index (χ4n) is 2.87. The third-order valence-corrected chi connectivity index (χ3v) is 5.20. The second kappa shape index (κ2) is 6.23. The van der Waals surface area contributed by atoms with Gasteiger partial charge in [0.2, 0.25) is 0 Å². The van der Waals surface area contributed by atoms with Crippen LogP contribution in [0.2, 0.25) is 0 Å². The number of nitrogens with zero attached hydrogens (tertiary/aromatic N) is 1. The van der Waals surface area contributed by atoms with Crippen LogP contribution in [0, 0.1) is 0 Å². The maximum atomic E-state index is 11.9. The summed E-state index contributed by atoms with van der Waals surface area (Å²) in [5.74, 6) is 0.786. The normalized spacial score (nSPS) is 37.7. The molecule has 18 heavy (non-hydrogen) atoms. The maximum Gasteiger partial charge on any atom is 0.323 e. The average Bonchev–Trinajstić information content (AvgIpc) is 2.57. The van der Waals surface area contributed by atoms with Crippen LogP contribution in [0.5, 0.6) is 0 Å². The summed E-state index contributed by atoms with van der Waals surface area (Å²) in [6.45, 7) is 0. The molecule has 0 amide bonds. The number of carbonyl (C=O) groups excluding carboxylic acids is 1. The number of likely N-dealkylation sites (N-methyl/N-ethyl adjacent to an activating group) is 1. The number of nitrogens with one attached hydrogen (secondary N) is 1. The van der Waals surface area contributed by atoms with Crippen molar-refractivity contribution in [1.29, 1.82) is 0 Å². The molecule has 0 radical (unpaired) electrons. The van der Waals surface area contributed by atoms with Crippen molar-refractivity contribution in [2.24, 2.45) is 0 Å². The largest absolute Gasteiger partial charge is 0.468 e. The fraction of sp³-hybridized carbons (Fsp3) is 0.917. The highest BCUT2D eigenvalue weighted by Crippen LogP contribution is 2.36. The molecule has 0 aromatic carbocycles. The van der Waals surface area contributed by atoms with E-state index in [1.54, 1.807) is 0 Å². The Balaban J connectivity index is 2.20. The van der Waals surface area contributed by atoms with Crippen LogP contribution >= 0.6 is 11.8 Å². The summed E-state index contributed by atoms with van der Waals surface area (Å²) in [5.41, 5.74) is 0. The van der Waals surface area contributed by atoms with Crippen molar-refractivity contribution >= 4 is 17.7 Å². The van der Waals surface area contributed by atoms with Crippen LogP contribution in [0.4, 0.5) is 0 Å². The minimum atomic E-state index is -0.612. The van der Waals surface area contributed by atoms with E-state index in [1.165, 1.54) is 7.11 Å². The second-order valence-electron chi connectivity index (χ2n) is 4.84. The highest BCUT2D eigenvalue weighted by atomic mass is 32.2. The Morgan fingerprint density at radius 3 is 2.89 bits per heavy atom. The quantitative estimate of drug-likeness (QED) is 0.710. The van der Waals surface area contributed by atoms with Crippen molar-refractivity contribution in [3.05, 3.63) is 0 Å². The number of rotatable bonds is 2. The van der Waals surface area contributed by atoms with Crippen LogP contribution < -0.4 is 5.32 Å². The van der Waals surface area contributed by atoms with Gasteiger partial charge in [-0.15, -0.1) is 11.8 Å². The van der Waals surface area contributed by atoms with E-state index in [9.17, 15) is 9.90 Å². The minimum Gasteiger partial charge on any atom is -0.468 e.